The predicted octanol–water partition coefficient (Wildman–Crippen LogP) is 10.4. The highest BCUT2D eigenvalue weighted by molar-refractivity contribution is 5.33. The Bertz CT molecular complexity index is 678. The smallest absolute Gasteiger partial charge is 0.191 e. The Morgan fingerprint density at radius 2 is 1.32 bits per heavy atom. The third-order valence-corrected chi connectivity index (χ3v) is 8.80. The first-order valence-electron chi connectivity index (χ1n) is 14.7. The molecule has 3 rings (SSSR count). The molecule has 0 amide bonds. The molecular formula is C31H50F2O. The molecule has 0 N–H and O–H groups in total. The maximum atomic E-state index is 14.9. The summed E-state index contributed by atoms with van der Waals surface area (Å²) in [4.78, 5) is 0. The number of ether oxygens (including phenoxy) is 1. The van der Waals surface area contributed by atoms with Crippen molar-refractivity contribution in [2.45, 2.75) is 142 Å². The normalized spacial score (nSPS) is 26.4. The molecule has 0 radical (unpaired) electrons. The molecule has 0 bridgehead atoms. The lowest BCUT2D eigenvalue weighted by atomic mass is 9.68. The highest BCUT2D eigenvalue weighted by Crippen LogP contribution is 2.45. The number of halogens is 2. The zero-order valence-electron chi connectivity index (χ0n) is 22.2. The van der Waals surface area contributed by atoms with Crippen molar-refractivity contribution >= 4 is 0 Å². The first-order chi connectivity index (χ1) is 16.5. The maximum Gasteiger partial charge on any atom is 0.191 e. The van der Waals surface area contributed by atoms with Crippen molar-refractivity contribution in [2.75, 3.05) is 0 Å². The van der Waals surface area contributed by atoms with Crippen molar-refractivity contribution in [3.05, 3.63) is 29.3 Å². The van der Waals surface area contributed by atoms with Crippen molar-refractivity contribution in [3.8, 4) is 5.75 Å². The highest BCUT2D eigenvalue weighted by Gasteiger charge is 2.31. The third-order valence-electron chi connectivity index (χ3n) is 8.80. The topological polar surface area (TPSA) is 9.23 Å². The SMILES string of the molecule is CCCCCCCCC(C)Oc1c(F)cc(C2CCC(C3CCC(CCC)CC3)CC2)cc1F. The number of rotatable bonds is 13. The Morgan fingerprint density at radius 1 is 0.765 bits per heavy atom. The molecule has 0 aliphatic heterocycles. The van der Waals surface area contributed by atoms with Crippen molar-refractivity contribution in [1.82, 2.24) is 0 Å². The van der Waals surface area contributed by atoms with Gasteiger partial charge in [-0.15, -0.1) is 0 Å². The summed E-state index contributed by atoms with van der Waals surface area (Å²) in [6.07, 6.45) is 20.8. The Balaban J connectivity index is 1.45. The quantitative estimate of drug-likeness (QED) is 0.257. The van der Waals surface area contributed by atoms with Crippen LogP contribution in [-0.4, -0.2) is 6.10 Å². The lowest BCUT2D eigenvalue weighted by Crippen LogP contribution is -2.25. The molecule has 2 aliphatic rings. The minimum Gasteiger partial charge on any atom is -0.485 e. The fourth-order valence-corrected chi connectivity index (χ4v) is 6.68. The van der Waals surface area contributed by atoms with E-state index >= 15 is 0 Å². The molecule has 1 aromatic carbocycles. The van der Waals surface area contributed by atoms with Gasteiger partial charge in [0, 0.05) is 0 Å². The van der Waals surface area contributed by atoms with Gasteiger partial charge >= 0.3 is 0 Å². The monoisotopic (exact) mass is 476 g/mol. The average Bonchev–Trinajstić information content (AvgIpc) is 2.84. The van der Waals surface area contributed by atoms with E-state index < -0.39 is 11.6 Å². The highest BCUT2D eigenvalue weighted by atomic mass is 19.1. The molecule has 194 valence electrons. The first-order valence-corrected chi connectivity index (χ1v) is 14.7. The van der Waals surface area contributed by atoms with Gasteiger partial charge in [0.25, 0.3) is 0 Å². The molecule has 3 heteroatoms. The zero-order chi connectivity index (χ0) is 24.3. The molecule has 0 aromatic heterocycles. The van der Waals surface area contributed by atoms with Gasteiger partial charge in [-0.05, 0) is 99.7 Å². The van der Waals surface area contributed by atoms with Crippen LogP contribution in [0.2, 0.25) is 0 Å². The summed E-state index contributed by atoms with van der Waals surface area (Å²) in [5.41, 5.74) is 0.830. The van der Waals surface area contributed by atoms with Gasteiger partial charge in [0.2, 0.25) is 0 Å². The standard InChI is InChI=1S/C31H50F2O/c1-4-6-7-8-9-10-12-23(3)34-31-29(32)21-28(22-30(31)33)27-19-17-26(18-20-27)25-15-13-24(11-5-2)14-16-25/h21-27H,4-20H2,1-3H3. The summed E-state index contributed by atoms with van der Waals surface area (Å²) < 4.78 is 35.4. The van der Waals surface area contributed by atoms with Gasteiger partial charge in [0.1, 0.15) is 0 Å². The lowest BCUT2D eigenvalue weighted by molar-refractivity contribution is 0.156. The minimum absolute atomic E-state index is 0.163. The molecule has 0 heterocycles. The van der Waals surface area contributed by atoms with E-state index in [-0.39, 0.29) is 17.8 Å². The van der Waals surface area contributed by atoms with Gasteiger partial charge in [-0.3, -0.25) is 0 Å². The lowest BCUT2D eigenvalue weighted by Gasteiger charge is -2.38. The van der Waals surface area contributed by atoms with Crippen molar-refractivity contribution in [1.29, 1.82) is 0 Å². The van der Waals surface area contributed by atoms with Crippen LogP contribution in [0.25, 0.3) is 0 Å². The van der Waals surface area contributed by atoms with Gasteiger partial charge in [0.15, 0.2) is 17.4 Å². The molecule has 1 unspecified atom stereocenters. The largest absolute Gasteiger partial charge is 0.485 e. The summed E-state index contributed by atoms with van der Waals surface area (Å²) >= 11 is 0. The van der Waals surface area contributed by atoms with Crippen LogP contribution in [0.5, 0.6) is 5.75 Å². The van der Waals surface area contributed by atoms with E-state index in [4.69, 9.17) is 4.74 Å². The van der Waals surface area contributed by atoms with E-state index in [1.807, 2.05) is 6.92 Å². The zero-order valence-corrected chi connectivity index (χ0v) is 22.2. The average molecular weight is 477 g/mol. The fraction of sp³-hybridized carbons (Fsp3) is 0.806. The van der Waals surface area contributed by atoms with Crippen LogP contribution in [0.1, 0.15) is 141 Å². The van der Waals surface area contributed by atoms with Crippen molar-refractivity contribution in [2.24, 2.45) is 17.8 Å². The first kappa shape index (κ1) is 27.5. The second-order valence-electron chi connectivity index (χ2n) is 11.5. The van der Waals surface area contributed by atoms with E-state index in [1.54, 1.807) is 12.1 Å². The maximum absolute atomic E-state index is 14.9. The van der Waals surface area contributed by atoms with Crippen LogP contribution in [0, 0.1) is 29.4 Å². The van der Waals surface area contributed by atoms with Crippen LogP contribution < -0.4 is 4.74 Å². The number of unbranched alkanes of at least 4 members (excludes halogenated alkanes) is 5. The van der Waals surface area contributed by atoms with E-state index in [0.717, 1.165) is 49.0 Å². The van der Waals surface area contributed by atoms with E-state index in [9.17, 15) is 8.78 Å². The summed E-state index contributed by atoms with van der Waals surface area (Å²) in [5, 5.41) is 0. The predicted molar refractivity (Wildman–Crippen MR) is 139 cm³/mol. The van der Waals surface area contributed by atoms with Crippen molar-refractivity contribution < 1.29 is 13.5 Å². The molecule has 1 aromatic rings. The van der Waals surface area contributed by atoms with E-state index in [2.05, 4.69) is 13.8 Å². The number of hydrogen-bond acceptors (Lipinski definition) is 1. The summed E-state index contributed by atoms with van der Waals surface area (Å²) in [5.74, 6) is 1.71. The van der Waals surface area contributed by atoms with E-state index in [0.29, 0.717) is 0 Å². The number of hydrogen-bond donors (Lipinski definition) is 0. The fourth-order valence-electron chi connectivity index (χ4n) is 6.68. The molecule has 0 saturated heterocycles. The second kappa shape index (κ2) is 14.4. The molecular weight excluding hydrogens is 426 g/mol. The Hall–Kier alpha value is -1.12. The molecule has 2 aliphatic carbocycles. The Kier molecular flexibility index (Phi) is 11.7. The summed E-state index contributed by atoms with van der Waals surface area (Å²) in [6, 6.07) is 3.10. The molecule has 0 spiro atoms. The Labute approximate surface area is 208 Å². The van der Waals surface area contributed by atoms with Gasteiger partial charge in [-0.1, -0.05) is 71.6 Å². The molecule has 1 atom stereocenters. The summed E-state index contributed by atoms with van der Waals surface area (Å²) in [7, 11) is 0. The molecule has 1 nitrogen and oxygen atoms in total. The minimum atomic E-state index is -0.527. The third kappa shape index (κ3) is 8.23. The van der Waals surface area contributed by atoms with Crippen LogP contribution in [0.4, 0.5) is 8.78 Å². The van der Waals surface area contributed by atoms with Gasteiger partial charge in [-0.25, -0.2) is 8.78 Å². The Morgan fingerprint density at radius 3 is 1.91 bits per heavy atom. The van der Waals surface area contributed by atoms with E-state index in [1.165, 1.54) is 83.5 Å². The number of benzene rings is 1. The second-order valence-corrected chi connectivity index (χ2v) is 11.5. The van der Waals surface area contributed by atoms with Crippen molar-refractivity contribution in [3.63, 3.8) is 0 Å². The van der Waals surface area contributed by atoms with Gasteiger partial charge < -0.3 is 4.74 Å². The van der Waals surface area contributed by atoms with Gasteiger partial charge in [-0.2, -0.15) is 0 Å². The molecule has 2 fully saturated rings. The summed E-state index contributed by atoms with van der Waals surface area (Å²) in [6.45, 7) is 6.44. The molecule has 2 saturated carbocycles. The van der Waals surface area contributed by atoms with Crippen LogP contribution >= 0.6 is 0 Å². The van der Waals surface area contributed by atoms with Crippen LogP contribution in [0.3, 0.4) is 0 Å². The molecule has 34 heavy (non-hydrogen) atoms. The van der Waals surface area contributed by atoms with Crippen LogP contribution in [-0.2, 0) is 0 Å². The van der Waals surface area contributed by atoms with Gasteiger partial charge in [0.05, 0.1) is 6.10 Å². The van der Waals surface area contributed by atoms with Crippen LogP contribution in [0.15, 0.2) is 12.1 Å².